The number of rotatable bonds is 5. The predicted octanol–water partition coefficient (Wildman–Crippen LogP) is 2.74. The molecule has 0 aliphatic rings. The van der Waals surface area contributed by atoms with Crippen LogP contribution in [-0.4, -0.2) is 30.3 Å². The maximum atomic E-state index is 12.2. The van der Waals surface area contributed by atoms with Gasteiger partial charge in [-0.15, -0.1) is 4.40 Å². The standard InChI is InChI=1S/C13H15N3O3S2/c1-3-11(19-4-2)16-21(17,18)13-14-12(15-20-13)10-8-6-5-7-9-10/h5-9H,3-4H2,1-2H3. The Morgan fingerprint density at radius 3 is 2.62 bits per heavy atom. The predicted molar refractivity (Wildman–Crippen MR) is 81.9 cm³/mol. The Labute approximate surface area is 127 Å². The number of sulfonamides is 1. The first-order valence-corrected chi connectivity index (χ1v) is 8.64. The summed E-state index contributed by atoms with van der Waals surface area (Å²) < 4.78 is 37.1. The van der Waals surface area contributed by atoms with Crippen molar-refractivity contribution in [2.24, 2.45) is 4.40 Å². The van der Waals surface area contributed by atoms with E-state index in [1.165, 1.54) is 0 Å². The zero-order chi connectivity index (χ0) is 15.3. The van der Waals surface area contributed by atoms with Crippen LogP contribution in [0.15, 0.2) is 39.1 Å². The quantitative estimate of drug-likeness (QED) is 0.623. The molecule has 8 heteroatoms. The number of ether oxygens (including phenoxy) is 1. The van der Waals surface area contributed by atoms with Crippen LogP contribution >= 0.6 is 11.5 Å². The molecular formula is C13H15N3O3S2. The molecule has 1 heterocycles. The third-order valence-electron chi connectivity index (χ3n) is 2.50. The van der Waals surface area contributed by atoms with Crippen LogP contribution in [-0.2, 0) is 14.8 Å². The van der Waals surface area contributed by atoms with Gasteiger partial charge in [0.05, 0.1) is 6.61 Å². The lowest BCUT2D eigenvalue weighted by Gasteiger charge is -2.03. The smallest absolute Gasteiger partial charge is 0.314 e. The van der Waals surface area contributed by atoms with Crippen molar-refractivity contribution in [1.29, 1.82) is 0 Å². The van der Waals surface area contributed by atoms with Gasteiger partial charge in [-0.1, -0.05) is 37.3 Å². The van der Waals surface area contributed by atoms with Gasteiger partial charge in [0.2, 0.25) is 0 Å². The number of benzene rings is 1. The summed E-state index contributed by atoms with van der Waals surface area (Å²) in [6, 6.07) is 9.19. The van der Waals surface area contributed by atoms with Crippen LogP contribution < -0.4 is 0 Å². The Morgan fingerprint density at radius 2 is 2.00 bits per heavy atom. The molecule has 0 aliphatic carbocycles. The lowest BCUT2D eigenvalue weighted by molar-refractivity contribution is 0.319. The molecule has 6 nitrogen and oxygen atoms in total. The highest BCUT2D eigenvalue weighted by Gasteiger charge is 2.21. The van der Waals surface area contributed by atoms with E-state index in [-0.39, 0.29) is 10.2 Å². The molecule has 2 rings (SSSR count). The minimum Gasteiger partial charge on any atom is -0.481 e. The highest BCUT2D eigenvalue weighted by molar-refractivity contribution is 7.92. The molecule has 2 aromatic rings. The Kier molecular flexibility index (Phi) is 5.03. The summed E-state index contributed by atoms with van der Waals surface area (Å²) in [5.41, 5.74) is 0.764. The molecule has 0 amide bonds. The van der Waals surface area contributed by atoms with Crippen molar-refractivity contribution >= 4 is 27.5 Å². The van der Waals surface area contributed by atoms with Crippen molar-refractivity contribution in [3.63, 3.8) is 0 Å². The molecule has 21 heavy (non-hydrogen) atoms. The number of aromatic nitrogens is 2. The Balaban J connectivity index is 2.32. The van der Waals surface area contributed by atoms with Gasteiger partial charge in [0.15, 0.2) is 11.7 Å². The van der Waals surface area contributed by atoms with E-state index in [2.05, 4.69) is 13.8 Å². The zero-order valence-corrected chi connectivity index (χ0v) is 13.3. The van der Waals surface area contributed by atoms with Gasteiger partial charge in [0.25, 0.3) is 4.34 Å². The maximum Gasteiger partial charge on any atom is 0.314 e. The fraction of sp³-hybridized carbons (Fsp3) is 0.308. The van der Waals surface area contributed by atoms with Crippen LogP contribution in [0, 0.1) is 0 Å². The van der Waals surface area contributed by atoms with Gasteiger partial charge in [-0.3, -0.25) is 0 Å². The average molecular weight is 325 g/mol. The molecule has 0 bridgehead atoms. The van der Waals surface area contributed by atoms with Crippen LogP contribution in [0.4, 0.5) is 0 Å². The first-order valence-electron chi connectivity index (χ1n) is 6.42. The van der Waals surface area contributed by atoms with E-state index in [9.17, 15) is 8.42 Å². The minimum absolute atomic E-state index is 0.132. The number of nitrogens with zero attached hydrogens (tertiary/aromatic N) is 3. The van der Waals surface area contributed by atoms with E-state index >= 15 is 0 Å². The van der Waals surface area contributed by atoms with Gasteiger partial charge < -0.3 is 4.74 Å². The molecule has 0 fully saturated rings. The van der Waals surface area contributed by atoms with Crippen LogP contribution in [0.2, 0.25) is 0 Å². The fourth-order valence-electron chi connectivity index (χ4n) is 1.55. The maximum absolute atomic E-state index is 12.2. The van der Waals surface area contributed by atoms with E-state index in [0.29, 0.717) is 18.9 Å². The first-order chi connectivity index (χ1) is 10.1. The van der Waals surface area contributed by atoms with Crippen LogP contribution in [0.25, 0.3) is 11.4 Å². The molecule has 0 saturated heterocycles. The molecule has 0 spiro atoms. The summed E-state index contributed by atoms with van der Waals surface area (Å²) in [6.45, 7) is 3.92. The summed E-state index contributed by atoms with van der Waals surface area (Å²) in [7, 11) is -3.87. The summed E-state index contributed by atoms with van der Waals surface area (Å²) in [6.07, 6.45) is 0.400. The average Bonchev–Trinajstić information content (AvgIpc) is 2.98. The summed E-state index contributed by atoms with van der Waals surface area (Å²) in [5, 5.41) is 0. The molecular weight excluding hydrogens is 310 g/mol. The molecule has 1 aromatic carbocycles. The van der Waals surface area contributed by atoms with Crippen molar-refractivity contribution in [1.82, 2.24) is 9.36 Å². The van der Waals surface area contributed by atoms with Gasteiger partial charge in [0, 0.05) is 23.5 Å². The molecule has 0 radical (unpaired) electrons. The Bertz CT molecular complexity index is 724. The lowest BCUT2D eigenvalue weighted by Crippen LogP contribution is -2.07. The molecule has 112 valence electrons. The van der Waals surface area contributed by atoms with E-state index in [1.807, 2.05) is 30.3 Å². The van der Waals surface area contributed by atoms with Crippen LogP contribution in [0.3, 0.4) is 0 Å². The van der Waals surface area contributed by atoms with Crippen molar-refractivity contribution in [3.8, 4) is 11.4 Å². The van der Waals surface area contributed by atoms with Crippen molar-refractivity contribution < 1.29 is 13.2 Å². The lowest BCUT2D eigenvalue weighted by atomic mass is 10.2. The van der Waals surface area contributed by atoms with E-state index in [4.69, 9.17) is 4.74 Å². The largest absolute Gasteiger partial charge is 0.481 e. The van der Waals surface area contributed by atoms with E-state index < -0.39 is 10.0 Å². The number of hydrogen-bond acceptors (Lipinski definition) is 6. The topological polar surface area (TPSA) is 81.5 Å². The minimum atomic E-state index is -3.87. The van der Waals surface area contributed by atoms with Gasteiger partial charge in [0.1, 0.15) is 0 Å². The van der Waals surface area contributed by atoms with E-state index in [0.717, 1.165) is 17.1 Å². The monoisotopic (exact) mass is 325 g/mol. The van der Waals surface area contributed by atoms with Gasteiger partial charge in [-0.25, -0.2) is 4.98 Å². The van der Waals surface area contributed by atoms with Crippen LogP contribution in [0.5, 0.6) is 0 Å². The van der Waals surface area contributed by atoms with Gasteiger partial charge >= 0.3 is 10.0 Å². The third-order valence-corrected chi connectivity index (χ3v) is 4.84. The van der Waals surface area contributed by atoms with Crippen LogP contribution in [0.1, 0.15) is 20.3 Å². The SMILES string of the molecule is CCOC(CC)=NS(=O)(=O)c1nc(-c2ccccc2)ns1. The molecule has 0 aliphatic heterocycles. The molecule has 1 aromatic heterocycles. The first kappa shape index (κ1) is 15.6. The van der Waals surface area contributed by atoms with Gasteiger partial charge in [-0.2, -0.15) is 12.8 Å². The third kappa shape index (κ3) is 3.85. The molecule has 0 N–H and O–H groups in total. The second-order valence-corrected chi connectivity index (χ2v) is 6.53. The van der Waals surface area contributed by atoms with Crippen molar-refractivity contribution in [3.05, 3.63) is 30.3 Å². The summed E-state index contributed by atoms with van der Waals surface area (Å²) in [4.78, 5) is 4.06. The Hall–Kier alpha value is -1.80. The normalized spacial score (nSPS) is 12.4. The molecule has 0 saturated carbocycles. The highest BCUT2D eigenvalue weighted by atomic mass is 32.2. The second-order valence-electron chi connectivity index (χ2n) is 4.00. The van der Waals surface area contributed by atoms with Crippen molar-refractivity contribution in [2.45, 2.75) is 24.6 Å². The second kappa shape index (κ2) is 6.77. The fourth-order valence-corrected chi connectivity index (χ4v) is 3.32. The molecule has 0 unspecified atom stereocenters. The number of hydrogen-bond donors (Lipinski definition) is 0. The van der Waals surface area contributed by atoms with Crippen molar-refractivity contribution in [2.75, 3.05) is 6.61 Å². The van der Waals surface area contributed by atoms with Gasteiger partial charge in [-0.05, 0) is 6.92 Å². The molecule has 0 atom stereocenters. The van der Waals surface area contributed by atoms with E-state index in [1.54, 1.807) is 13.8 Å². The zero-order valence-electron chi connectivity index (χ0n) is 11.7. The summed E-state index contributed by atoms with van der Waals surface area (Å²) >= 11 is 0.810. The Morgan fingerprint density at radius 1 is 1.29 bits per heavy atom. The summed E-state index contributed by atoms with van der Waals surface area (Å²) in [5.74, 6) is 0.554. The highest BCUT2D eigenvalue weighted by Crippen LogP contribution is 2.22.